The summed E-state index contributed by atoms with van der Waals surface area (Å²) in [5.41, 5.74) is 0.797. The first-order chi connectivity index (χ1) is 13.5. The fraction of sp³-hybridized carbons (Fsp3) is 0.591. The van der Waals surface area contributed by atoms with Crippen molar-refractivity contribution in [2.75, 3.05) is 12.0 Å². The number of imide groups is 1. The van der Waals surface area contributed by atoms with E-state index in [1.165, 1.54) is 30.6 Å². The first kappa shape index (κ1) is 19.5. The van der Waals surface area contributed by atoms with Gasteiger partial charge >= 0.3 is 0 Å². The van der Waals surface area contributed by atoms with Crippen LogP contribution in [-0.4, -0.2) is 46.7 Å². The van der Waals surface area contributed by atoms with Crippen molar-refractivity contribution in [2.24, 2.45) is 17.8 Å². The van der Waals surface area contributed by atoms with E-state index in [0.29, 0.717) is 35.1 Å². The number of nitrogens with zero attached hydrogens (tertiary/aromatic N) is 1. The Hall–Kier alpha value is -1.82. The minimum atomic E-state index is -0.749. The van der Waals surface area contributed by atoms with Crippen molar-refractivity contribution in [1.82, 2.24) is 10.2 Å². The Labute approximate surface area is 170 Å². The van der Waals surface area contributed by atoms with Crippen molar-refractivity contribution in [3.8, 4) is 0 Å². The van der Waals surface area contributed by atoms with Crippen molar-refractivity contribution in [3.05, 3.63) is 35.4 Å². The number of thioether (sulfide) groups is 1. The fourth-order valence-electron chi connectivity index (χ4n) is 5.43. The predicted molar refractivity (Wildman–Crippen MR) is 110 cm³/mol. The molecular formula is C22H28N2O3S. The topological polar surface area (TPSA) is 66.5 Å². The van der Waals surface area contributed by atoms with E-state index in [1.54, 1.807) is 36.0 Å². The Balaban J connectivity index is 1.50. The van der Waals surface area contributed by atoms with E-state index in [9.17, 15) is 14.4 Å². The van der Waals surface area contributed by atoms with Crippen molar-refractivity contribution in [1.29, 1.82) is 0 Å². The zero-order chi connectivity index (χ0) is 19.8. The molecule has 0 spiro atoms. The van der Waals surface area contributed by atoms with Gasteiger partial charge in [-0.25, -0.2) is 0 Å². The van der Waals surface area contributed by atoms with Gasteiger partial charge in [-0.2, -0.15) is 11.8 Å². The molecule has 5 atom stereocenters. The Bertz CT molecular complexity index is 761. The maximum atomic E-state index is 13.2. The number of hydrogen-bond acceptors (Lipinski definition) is 4. The number of fused-ring (bicyclic) bond motifs is 3. The zero-order valence-electron chi connectivity index (χ0n) is 16.5. The van der Waals surface area contributed by atoms with Crippen LogP contribution in [0.15, 0.2) is 24.3 Å². The Morgan fingerprint density at radius 3 is 2.39 bits per heavy atom. The second kappa shape index (κ2) is 7.90. The molecule has 0 unspecified atom stereocenters. The third kappa shape index (κ3) is 3.36. The maximum Gasteiger partial charge on any atom is 0.262 e. The summed E-state index contributed by atoms with van der Waals surface area (Å²) in [6.45, 7) is 2.08. The van der Waals surface area contributed by atoms with Crippen LogP contribution in [0.25, 0.3) is 0 Å². The van der Waals surface area contributed by atoms with Gasteiger partial charge in [0.2, 0.25) is 5.91 Å². The Morgan fingerprint density at radius 2 is 1.86 bits per heavy atom. The van der Waals surface area contributed by atoms with Gasteiger partial charge in [0.15, 0.2) is 0 Å². The molecule has 0 saturated heterocycles. The van der Waals surface area contributed by atoms with Crippen LogP contribution in [0.4, 0.5) is 0 Å². The van der Waals surface area contributed by atoms with Gasteiger partial charge in [-0.1, -0.05) is 18.6 Å². The normalized spacial score (nSPS) is 27.8. The molecule has 150 valence electrons. The standard InChI is InChI=1S/C22H28N2O3S/c1-13(18-12-14-7-8-15(18)11-14)23-20(25)19(9-10-28-2)24-21(26)16-5-3-4-6-17(16)22(24)27/h3-6,13-15,18-19H,7-12H2,1-2H3,(H,23,25)/t13-,14-,15-,18+,19+/m0/s1. The third-order valence-corrected chi connectivity index (χ3v) is 7.48. The predicted octanol–water partition coefficient (Wildman–Crippen LogP) is 3.35. The summed E-state index contributed by atoms with van der Waals surface area (Å²) in [5.74, 6) is 1.87. The van der Waals surface area contributed by atoms with Gasteiger partial charge < -0.3 is 5.32 Å². The van der Waals surface area contributed by atoms with Crippen LogP contribution in [0.3, 0.4) is 0 Å². The molecule has 3 amide bonds. The molecule has 0 aromatic heterocycles. The largest absolute Gasteiger partial charge is 0.352 e. The zero-order valence-corrected chi connectivity index (χ0v) is 17.3. The van der Waals surface area contributed by atoms with Crippen molar-refractivity contribution in [2.45, 2.75) is 51.1 Å². The molecule has 1 aliphatic heterocycles. The highest BCUT2D eigenvalue weighted by Gasteiger charge is 2.45. The molecule has 5 nitrogen and oxygen atoms in total. The highest BCUT2D eigenvalue weighted by atomic mass is 32.2. The van der Waals surface area contributed by atoms with Crippen LogP contribution in [0.2, 0.25) is 0 Å². The summed E-state index contributed by atoms with van der Waals surface area (Å²) in [5, 5.41) is 3.17. The number of amides is 3. The number of nitrogens with one attached hydrogen (secondary N) is 1. The Kier molecular flexibility index (Phi) is 5.50. The molecule has 2 bridgehead atoms. The van der Waals surface area contributed by atoms with Gasteiger partial charge in [-0.3, -0.25) is 19.3 Å². The van der Waals surface area contributed by atoms with Crippen LogP contribution >= 0.6 is 11.8 Å². The second-order valence-electron chi connectivity index (χ2n) is 8.46. The molecule has 2 saturated carbocycles. The smallest absolute Gasteiger partial charge is 0.262 e. The van der Waals surface area contributed by atoms with E-state index in [2.05, 4.69) is 12.2 Å². The second-order valence-corrected chi connectivity index (χ2v) is 9.44. The molecular weight excluding hydrogens is 372 g/mol. The number of rotatable bonds is 7. The molecule has 6 heteroatoms. The molecule has 2 fully saturated rings. The van der Waals surface area contributed by atoms with Crippen molar-refractivity contribution in [3.63, 3.8) is 0 Å². The van der Waals surface area contributed by atoms with Gasteiger partial charge in [-0.15, -0.1) is 0 Å². The highest BCUT2D eigenvalue weighted by Crippen LogP contribution is 2.49. The molecule has 28 heavy (non-hydrogen) atoms. The van der Waals surface area contributed by atoms with Crippen molar-refractivity contribution >= 4 is 29.5 Å². The van der Waals surface area contributed by atoms with Crippen molar-refractivity contribution < 1.29 is 14.4 Å². The monoisotopic (exact) mass is 400 g/mol. The van der Waals surface area contributed by atoms with Gasteiger partial charge in [0.05, 0.1) is 11.1 Å². The van der Waals surface area contributed by atoms with Gasteiger partial charge in [0.1, 0.15) is 6.04 Å². The molecule has 1 aromatic carbocycles. The molecule has 1 heterocycles. The lowest BCUT2D eigenvalue weighted by Gasteiger charge is -2.31. The number of carbonyl (C=O) groups is 3. The lowest BCUT2D eigenvalue weighted by molar-refractivity contribution is -0.126. The summed E-state index contributed by atoms with van der Waals surface area (Å²) < 4.78 is 0. The fourth-order valence-corrected chi connectivity index (χ4v) is 5.89. The molecule has 0 radical (unpaired) electrons. The van der Waals surface area contributed by atoms with Crippen LogP contribution < -0.4 is 5.32 Å². The quantitative estimate of drug-likeness (QED) is 0.713. The van der Waals surface area contributed by atoms with Gasteiger partial charge in [0, 0.05) is 6.04 Å². The van der Waals surface area contributed by atoms with E-state index in [-0.39, 0.29) is 23.8 Å². The van der Waals surface area contributed by atoms with E-state index >= 15 is 0 Å². The molecule has 1 N–H and O–H groups in total. The molecule has 1 aromatic rings. The number of carbonyl (C=O) groups excluding carboxylic acids is 3. The average Bonchev–Trinajstić information content (AvgIpc) is 3.39. The minimum absolute atomic E-state index is 0.0785. The lowest BCUT2D eigenvalue weighted by Crippen LogP contribution is -2.53. The summed E-state index contributed by atoms with van der Waals surface area (Å²) in [4.78, 5) is 40.1. The van der Waals surface area contributed by atoms with Crippen LogP contribution in [0.5, 0.6) is 0 Å². The minimum Gasteiger partial charge on any atom is -0.352 e. The summed E-state index contributed by atoms with van der Waals surface area (Å²) in [6.07, 6.45) is 7.52. The average molecular weight is 401 g/mol. The number of hydrogen-bond donors (Lipinski definition) is 1. The first-order valence-corrected chi connectivity index (χ1v) is 11.7. The highest BCUT2D eigenvalue weighted by molar-refractivity contribution is 7.98. The molecule has 2 aliphatic carbocycles. The van der Waals surface area contributed by atoms with Crippen LogP contribution in [0, 0.1) is 17.8 Å². The van der Waals surface area contributed by atoms with E-state index in [0.717, 1.165) is 5.92 Å². The summed E-state index contributed by atoms with van der Waals surface area (Å²) in [6, 6.07) is 6.16. The molecule has 3 aliphatic rings. The van der Waals surface area contributed by atoms with E-state index in [4.69, 9.17) is 0 Å². The summed E-state index contributed by atoms with van der Waals surface area (Å²) >= 11 is 1.62. The maximum absolute atomic E-state index is 13.2. The Morgan fingerprint density at radius 1 is 1.18 bits per heavy atom. The lowest BCUT2D eigenvalue weighted by atomic mass is 9.84. The van der Waals surface area contributed by atoms with Crippen LogP contribution in [-0.2, 0) is 4.79 Å². The summed E-state index contributed by atoms with van der Waals surface area (Å²) in [7, 11) is 0. The first-order valence-electron chi connectivity index (χ1n) is 10.3. The van der Waals surface area contributed by atoms with Crippen LogP contribution in [0.1, 0.15) is 59.7 Å². The van der Waals surface area contributed by atoms with Gasteiger partial charge in [0.25, 0.3) is 11.8 Å². The van der Waals surface area contributed by atoms with Gasteiger partial charge in [-0.05, 0) is 74.5 Å². The SMILES string of the molecule is CSCC[C@H](C(=O)N[C@@H](C)[C@H]1C[C@H]2CC[C@H]1C2)N1C(=O)c2ccccc2C1=O. The van der Waals surface area contributed by atoms with E-state index in [1.807, 2.05) is 6.26 Å². The third-order valence-electron chi connectivity index (χ3n) is 6.84. The number of benzene rings is 1. The molecule has 4 rings (SSSR count). The van der Waals surface area contributed by atoms with E-state index < -0.39 is 6.04 Å².